The lowest BCUT2D eigenvalue weighted by atomic mass is 10.2. The van der Waals surface area contributed by atoms with Gasteiger partial charge in [0, 0.05) is 5.69 Å². The van der Waals surface area contributed by atoms with E-state index in [1.807, 2.05) is 38.1 Å². The molecule has 7 heteroatoms. The lowest BCUT2D eigenvalue weighted by Gasteiger charge is -2.13. The summed E-state index contributed by atoms with van der Waals surface area (Å²) in [5.74, 6) is 0.717. The van der Waals surface area contributed by atoms with Crippen molar-refractivity contribution >= 4 is 35.2 Å². The van der Waals surface area contributed by atoms with Crippen LogP contribution in [0.5, 0.6) is 0 Å². The molecule has 2 rings (SSSR count). The number of nitrogens with one attached hydrogen (secondary N) is 3. The van der Waals surface area contributed by atoms with Crippen LogP contribution in [0.2, 0.25) is 0 Å². The lowest BCUT2D eigenvalue weighted by molar-refractivity contribution is 0.900. The van der Waals surface area contributed by atoms with Crippen LogP contribution in [0.15, 0.2) is 24.3 Å². The summed E-state index contributed by atoms with van der Waals surface area (Å²) < 4.78 is 2.09. The minimum Gasteiger partial charge on any atom is -0.331 e. The smallest absolute Gasteiger partial charge is 0.214 e. The number of rotatable bonds is 2. The number of hydrogen-bond acceptors (Lipinski definition) is 3. The molecular weight excluding hydrogens is 266 g/mol. The predicted octanol–water partition coefficient (Wildman–Crippen LogP) is 2.50. The van der Waals surface area contributed by atoms with Gasteiger partial charge in [0.05, 0.1) is 0 Å². The highest BCUT2D eigenvalue weighted by molar-refractivity contribution is 7.80. The molecule has 0 aliphatic carbocycles. The van der Waals surface area contributed by atoms with Crippen LogP contribution >= 0.6 is 24.4 Å². The number of benzene rings is 1. The number of thiocarbonyl (C=S) groups is 1. The Kier molecular flexibility index (Phi) is 3.73. The highest BCUT2D eigenvalue weighted by Crippen LogP contribution is 2.12. The van der Waals surface area contributed by atoms with Gasteiger partial charge in [0.25, 0.3) is 0 Å². The van der Waals surface area contributed by atoms with Gasteiger partial charge in [0.15, 0.2) is 5.11 Å². The second-order valence-electron chi connectivity index (χ2n) is 3.79. The molecule has 0 spiro atoms. The van der Waals surface area contributed by atoms with Crippen molar-refractivity contribution in [2.75, 3.05) is 10.7 Å². The molecule has 0 aliphatic heterocycles. The topological polar surface area (TPSA) is 57.7 Å². The molecule has 0 saturated carbocycles. The van der Waals surface area contributed by atoms with Crippen molar-refractivity contribution in [2.24, 2.45) is 0 Å². The molecule has 0 bridgehead atoms. The molecule has 1 aromatic heterocycles. The average molecular weight is 279 g/mol. The van der Waals surface area contributed by atoms with E-state index in [4.69, 9.17) is 24.4 Å². The van der Waals surface area contributed by atoms with Crippen LogP contribution in [0.25, 0.3) is 0 Å². The van der Waals surface area contributed by atoms with Crippen molar-refractivity contribution in [2.45, 2.75) is 13.8 Å². The van der Waals surface area contributed by atoms with Gasteiger partial charge in [0.1, 0.15) is 5.82 Å². The largest absolute Gasteiger partial charge is 0.331 e. The average Bonchev–Trinajstić information content (AvgIpc) is 2.64. The van der Waals surface area contributed by atoms with Crippen molar-refractivity contribution < 1.29 is 0 Å². The summed E-state index contributed by atoms with van der Waals surface area (Å²) in [6, 6.07) is 7.91. The molecule has 0 unspecified atom stereocenters. The molecule has 1 aromatic carbocycles. The standard InChI is InChI=1S/C11H13N5S2/c1-7-5-3-4-6-9(7)12-10(17)15-16-8(2)13-14-11(16)18/h3-6H,1-2H3,(H,14,18)(H2,12,15,17). The molecule has 5 nitrogen and oxygen atoms in total. The van der Waals surface area contributed by atoms with Gasteiger partial charge in [-0.2, -0.15) is 5.10 Å². The first-order chi connectivity index (χ1) is 8.58. The van der Waals surface area contributed by atoms with Gasteiger partial charge in [-0.15, -0.1) is 0 Å². The van der Waals surface area contributed by atoms with Crippen molar-refractivity contribution in [1.82, 2.24) is 14.9 Å². The Morgan fingerprint density at radius 1 is 1.33 bits per heavy atom. The van der Waals surface area contributed by atoms with Crippen LogP contribution in [0.4, 0.5) is 5.69 Å². The van der Waals surface area contributed by atoms with Gasteiger partial charge in [0.2, 0.25) is 4.77 Å². The summed E-state index contributed by atoms with van der Waals surface area (Å²) in [6.45, 7) is 3.84. The number of aryl methyl sites for hydroxylation is 2. The maximum atomic E-state index is 5.23. The zero-order chi connectivity index (χ0) is 13.1. The van der Waals surface area contributed by atoms with E-state index in [-0.39, 0.29) is 0 Å². The first-order valence-electron chi connectivity index (χ1n) is 5.35. The Balaban J connectivity index is 2.11. The Labute approximate surface area is 115 Å². The number of aromatic nitrogens is 3. The van der Waals surface area contributed by atoms with Gasteiger partial charge in [-0.25, -0.2) is 4.68 Å². The molecule has 0 atom stereocenters. The van der Waals surface area contributed by atoms with Crippen LogP contribution in [-0.2, 0) is 0 Å². The molecule has 2 aromatic rings. The number of H-pyrrole nitrogens is 1. The van der Waals surface area contributed by atoms with Gasteiger partial charge >= 0.3 is 0 Å². The molecular formula is C11H13N5S2. The first-order valence-corrected chi connectivity index (χ1v) is 6.17. The Morgan fingerprint density at radius 3 is 2.67 bits per heavy atom. The fraction of sp³-hybridized carbons (Fsp3) is 0.182. The third kappa shape index (κ3) is 2.74. The Bertz CT molecular complexity index is 628. The molecule has 18 heavy (non-hydrogen) atoms. The van der Waals surface area contributed by atoms with E-state index in [1.54, 1.807) is 4.68 Å². The summed E-state index contributed by atoms with van der Waals surface area (Å²) >= 11 is 10.3. The van der Waals surface area contributed by atoms with E-state index in [0.29, 0.717) is 15.7 Å². The molecule has 3 N–H and O–H groups in total. The van der Waals surface area contributed by atoms with E-state index >= 15 is 0 Å². The number of aromatic amines is 1. The fourth-order valence-electron chi connectivity index (χ4n) is 1.47. The third-order valence-corrected chi connectivity index (χ3v) is 2.91. The van der Waals surface area contributed by atoms with Crippen LogP contribution < -0.4 is 10.7 Å². The summed E-state index contributed by atoms with van der Waals surface area (Å²) in [6.07, 6.45) is 0. The fourth-order valence-corrected chi connectivity index (χ4v) is 1.90. The molecule has 0 aliphatic rings. The normalized spacial score (nSPS) is 10.1. The van der Waals surface area contributed by atoms with E-state index in [1.165, 1.54) is 0 Å². The van der Waals surface area contributed by atoms with Crippen LogP contribution in [0, 0.1) is 18.6 Å². The Hall–Kier alpha value is -1.73. The molecule has 0 radical (unpaired) electrons. The van der Waals surface area contributed by atoms with E-state index in [9.17, 15) is 0 Å². The number of para-hydroxylation sites is 1. The van der Waals surface area contributed by atoms with Crippen molar-refractivity contribution in [1.29, 1.82) is 0 Å². The third-order valence-electron chi connectivity index (χ3n) is 2.45. The molecule has 0 saturated heterocycles. The summed E-state index contributed by atoms with van der Waals surface area (Å²) in [4.78, 5) is 0. The number of nitrogens with zero attached hydrogens (tertiary/aromatic N) is 2. The summed E-state index contributed by atoms with van der Waals surface area (Å²) in [7, 11) is 0. The Morgan fingerprint density at radius 2 is 2.06 bits per heavy atom. The number of anilines is 1. The first kappa shape index (κ1) is 12.7. The van der Waals surface area contributed by atoms with Gasteiger partial charge in [-0.3, -0.25) is 10.5 Å². The van der Waals surface area contributed by atoms with E-state index in [2.05, 4.69) is 20.9 Å². The maximum absolute atomic E-state index is 5.23. The predicted molar refractivity (Wildman–Crippen MR) is 78.9 cm³/mol. The van der Waals surface area contributed by atoms with Crippen LogP contribution in [-0.4, -0.2) is 20.0 Å². The quantitative estimate of drug-likeness (QED) is 0.737. The van der Waals surface area contributed by atoms with E-state index in [0.717, 1.165) is 11.3 Å². The number of hydrogen-bond donors (Lipinski definition) is 3. The summed E-state index contributed by atoms with van der Waals surface area (Å²) in [5.41, 5.74) is 5.05. The second-order valence-corrected chi connectivity index (χ2v) is 4.59. The minimum absolute atomic E-state index is 0.463. The van der Waals surface area contributed by atoms with Gasteiger partial charge < -0.3 is 5.32 Å². The van der Waals surface area contributed by atoms with Crippen molar-refractivity contribution in [3.8, 4) is 0 Å². The monoisotopic (exact) mass is 279 g/mol. The molecule has 94 valence electrons. The zero-order valence-corrected chi connectivity index (χ0v) is 11.7. The highest BCUT2D eigenvalue weighted by Gasteiger charge is 2.04. The van der Waals surface area contributed by atoms with Crippen LogP contribution in [0.1, 0.15) is 11.4 Å². The molecule has 0 fully saturated rings. The lowest BCUT2D eigenvalue weighted by Crippen LogP contribution is -2.28. The minimum atomic E-state index is 0.463. The molecule has 1 heterocycles. The van der Waals surface area contributed by atoms with Crippen molar-refractivity contribution in [3.63, 3.8) is 0 Å². The zero-order valence-electron chi connectivity index (χ0n) is 10.0. The SMILES string of the molecule is Cc1ccccc1NC(=S)Nn1c(C)n[nH]c1=S. The molecule has 0 amide bonds. The van der Waals surface area contributed by atoms with Gasteiger partial charge in [-0.05, 0) is 49.9 Å². The van der Waals surface area contributed by atoms with Gasteiger partial charge in [-0.1, -0.05) is 18.2 Å². The van der Waals surface area contributed by atoms with Crippen molar-refractivity contribution in [3.05, 3.63) is 40.4 Å². The highest BCUT2D eigenvalue weighted by atomic mass is 32.1. The van der Waals surface area contributed by atoms with Crippen LogP contribution in [0.3, 0.4) is 0 Å². The van der Waals surface area contributed by atoms with E-state index < -0.39 is 0 Å². The second kappa shape index (κ2) is 5.28. The maximum Gasteiger partial charge on any atom is 0.214 e. The summed E-state index contributed by atoms with van der Waals surface area (Å²) in [5, 5.41) is 10.3.